The van der Waals surface area contributed by atoms with E-state index in [9.17, 15) is 4.79 Å². The average molecular weight is 229 g/mol. The first-order chi connectivity index (χ1) is 7.61. The van der Waals surface area contributed by atoms with Crippen molar-refractivity contribution >= 4 is 5.97 Å². The second kappa shape index (κ2) is 9.64. The first-order valence-corrected chi connectivity index (χ1v) is 6.60. The van der Waals surface area contributed by atoms with Gasteiger partial charge in [0, 0.05) is 6.04 Å². The van der Waals surface area contributed by atoms with Gasteiger partial charge in [0.15, 0.2) is 0 Å². The van der Waals surface area contributed by atoms with Crippen molar-refractivity contribution in [3.63, 3.8) is 0 Å². The third kappa shape index (κ3) is 7.69. The van der Waals surface area contributed by atoms with Crippen molar-refractivity contribution < 1.29 is 9.90 Å². The van der Waals surface area contributed by atoms with Crippen molar-refractivity contribution in [1.29, 1.82) is 0 Å². The Morgan fingerprint density at radius 1 is 1.12 bits per heavy atom. The minimum atomic E-state index is -0.678. The fourth-order valence-electron chi connectivity index (χ4n) is 2.01. The molecule has 16 heavy (non-hydrogen) atoms. The molecule has 2 unspecified atom stereocenters. The SMILES string of the molecule is CCCCCCC(CC(N)CCC)C(=O)O. The Labute approximate surface area is 99.4 Å². The van der Waals surface area contributed by atoms with Crippen LogP contribution in [0.2, 0.25) is 0 Å². The summed E-state index contributed by atoms with van der Waals surface area (Å²) in [6.45, 7) is 4.24. The van der Waals surface area contributed by atoms with E-state index in [2.05, 4.69) is 13.8 Å². The normalized spacial score (nSPS) is 14.7. The van der Waals surface area contributed by atoms with Crippen LogP contribution in [0.25, 0.3) is 0 Å². The van der Waals surface area contributed by atoms with Crippen LogP contribution in [0.1, 0.15) is 65.2 Å². The molecule has 0 amide bonds. The van der Waals surface area contributed by atoms with Gasteiger partial charge in [-0.15, -0.1) is 0 Å². The third-order valence-corrected chi connectivity index (χ3v) is 3.00. The summed E-state index contributed by atoms with van der Waals surface area (Å²) in [5.74, 6) is -0.915. The Hall–Kier alpha value is -0.570. The van der Waals surface area contributed by atoms with Gasteiger partial charge in [0.05, 0.1) is 5.92 Å². The molecule has 0 spiro atoms. The molecule has 0 aromatic carbocycles. The fraction of sp³-hybridized carbons (Fsp3) is 0.923. The van der Waals surface area contributed by atoms with E-state index < -0.39 is 5.97 Å². The van der Waals surface area contributed by atoms with Gasteiger partial charge in [-0.3, -0.25) is 4.79 Å². The molecule has 3 heteroatoms. The Balaban J connectivity index is 3.83. The molecule has 2 atom stereocenters. The predicted molar refractivity (Wildman–Crippen MR) is 67.4 cm³/mol. The Morgan fingerprint density at radius 2 is 1.81 bits per heavy atom. The number of hydrogen-bond acceptors (Lipinski definition) is 2. The molecule has 0 bridgehead atoms. The van der Waals surface area contributed by atoms with Gasteiger partial charge in [-0.05, 0) is 19.3 Å². The molecule has 0 aromatic rings. The van der Waals surface area contributed by atoms with Gasteiger partial charge >= 0.3 is 5.97 Å². The first kappa shape index (κ1) is 15.4. The Kier molecular flexibility index (Phi) is 9.30. The van der Waals surface area contributed by atoms with E-state index in [1.165, 1.54) is 12.8 Å². The molecule has 0 aliphatic carbocycles. The molecular weight excluding hydrogens is 202 g/mol. The summed E-state index contributed by atoms with van der Waals surface area (Å²) in [6, 6.07) is 0.0530. The summed E-state index contributed by atoms with van der Waals surface area (Å²) in [4.78, 5) is 11.0. The van der Waals surface area contributed by atoms with Crippen LogP contribution in [-0.2, 0) is 4.79 Å². The number of carboxylic acids is 1. The van der Waals surface area contributed by atoms with Gasteiger partial charge in [-0.2, -0.15) is 0 Å². The standard InChI is InChI=1S/C13H27NO2/c1-3-5-6-7-9-11(13(15)16)10-12(14)8-4-2/h11-12H,3-10,14H2,1-2H3,(H,15,16). The van der Waals surface area contributed by atoms with E-state index in [1.54, 1.807) is 0 Å². The summed E-state index contributed by atoms with van der Waals surface area (Å²) >= 11 is 0. The van der Waals surface area contributed by atoms with Crippen LogP contribution in [0.5, 0.6) is 0 Å². The number of aliphatic carboxylic acids is 1. The van der Waals surface area contributed by atoms with Gasteiger partial charge in [0.25, 0.3) is 0 Å². The lowest BCUT2D eigenvalue weighted by molar-refractivity contribution is -0.142. The van der Waals surface area contributed by atoms with Crippen LogP contribution in [-0.4, -0.2) is 17.1 Å². The maximum absolute atomic E-state index is 11.0. The van der Waals surface area contributed by atoms with Crippen molar-refractivity contribution in [2.75, 3.05) is 0 Å². The highest BCUT2D eigenvalue weighted by molar-refractivity contribution is 5.69. The van der Waals surface area contributed by atoms with E-state index in [0.717, 1.165) is 32.1 Å². The maximum atomic E-state index is 11.0. The highest BCUT2D eigenvalue weighted by Crippen LogP contribution is 2.17. The molecule has 0 heterocycles. The van der Waals surface area contributed by atoms with Crippen molar-refractivity contribution in [1.82, 2.24) is 0 Å². The fourth-order valence-corrected chi connectivity index (χ4v) is 2.01. The first-order valence-electron chi connectivity index (χ1n) is 6.60. The summed E-state index contributed by atoms with van der Waals surface area (Å²) < 4.78 is 0. The lowest BCUT2D eigenvalue weighted by Crippen LogP contribution is -2.27. The number of nitrogens with two attached hydrogens (primary N) is 1. The van der Waals surface area contributed by atoms with Crippen molar-refractivity contribution in [2.24, 2.45) is 11.7 Å². The third-order valence-electron chi connectivity index (χ3n) is 3.00. The number of carboxylic acid groups (broad SMARTS) is 1. The van der Waals surface area contributed by atoms with Gasteiger partial charge in [-0.25, -0.2) is 0 Å². The molecule has 3 nitrogen and oxygen atoms in total. The maximum Gasteiger partial charge on any atom is 0.306 e. The van der Waals surface area contributed by atoms with Crippen LogP contribution in [0.3, 0.4) is 0 Å². The van der Waals surface area contributed by atoms with Crippen LogP contribution in [0.15, 0.2) is 0 Å². The van der Waals surface area contributed by atoms with Crippen molar-refractivity contribution in [3.05, 3.63) is 0 Å². The number of hydrogen-bond donors (Lipinski definition) is 2. The zero-order valence-corrected chi connectivity index (χ0v) is 10.7. The van der Waals surface area contributed by atoms with E-state index in [-0.39, 0.29) is 12.0 Å². The largest absolute Gasteiger partial charge is 0.481 e. The summed E-state index contributed by atoms with van der Waals surface area (Å²) in [7, 11) is 0. The smallest absolute Gasteiger partial charge is 0.306 e. The second-order valence-electron chi connectivity index (χ2n) is 4.67. The summed E-state index contributed by atoms with van der Waals surface area (Å²) in [5, 5.41) is 9.09. The van der Waals surface area contributed by atoms with Crippen molar-refractivity contribution in [2.45, 2.75) is 71.3 Å². The van der Waals surface area contributed by atoms with E-state index >= 15 is 0 Å². The Bertz CT molecular complexity index is 183. The van der Waals surface area contributed by atoms with E-state index in [1.807, 2.05) is 0 Å². The number of carbonyl (C=O) groups is 1. The molecule has 0 saturated heterocycles. The highest BCUT2D eigenvalue weighted by atomic mass is 16.4. The molecule has 0 rings (SSSR count). The van der Waals surface area contributed by atoms with E-state index in [0.29, 0.717) is 6.42 Å². The monoisotopic (exact) mass is 229 g/mol. The molecule has 3 N–H and O–H groups in total. The minimum absolute atomic E-state index is 0.0530. The molecule has 0 fully saturated rings. The topological polar surface area (TPSA) is 63.3 Å². The minimum Gasteiger partial charge on any atom is -0.481 e. The van der Waals surface area contributed by atoms with Crippen LogP contribution in [0.4, 0.5) is 0 Å². The quantitative estimate of drug-likeness (QED) is 0.565. The molecule has 0 saturated carbocycles. The van der Waals surface area contributed by atoms with Gasteiger partial charge in [-0.1, -0.05) is 46.0 Å². The summed E-state index contributed by atoms with van der Waals surface area (Å²) in [5.41, 5.74) is 5.89. The number of rotatable bonds is 10. The zero-order chi connectivity index (χ0) is 12.4. The number of unbranched alkanes of at least 4 members (excludes halogenated alkanes) is 3. The van der Waals surface area contributed by atoms with Gasteiger partial charge < -0.3 is 10.8 Å². The van der Waals surface area contributed by atoms with Gasteiger partial charge in [0.2, 0.25) is 0 Å². The lowest BCUT2D eigenvalue weighted by atomic mass is 9.92. The second-order valence-corrected chi connectivity index (χ2v) is 4.67. The molecule has 0 aliphatic rings. The van der Waals surface area contributed by atoms with Crippen LogP contribution in [0, 0.1) is 5.92 Å². The molecule has 0 aromatic heterocycles. The molecule has 96 valence electrons. The molecule has 0 aliphatic heterocycles. The molecular formula is C13H27NO2. The zero-order valence-electron chi connectivity index (χ0n) is 10.7. The van der Waals surface area contributed by atoms with Crippen LogP contribution >= 0.6 is 0 Å². The average Bonchev–Trinajstić information content (AvgIpc) is 2.22. The van der Waals surface area contributed by atoms with Gasteiger partial charge in [0.1, 0.15) is 0 Å². The van der Waals surface area contributed by atoms with Crippen molar-refractivity contribution in [3.8, 4) is 0 Å². The van der Waals surface area contributed by atoms with E-state index in [4.69, 9.17) is 10.8 Å². The lowest BCUT2D eigenvalue weighted by Gasteiger charge is -2.16. The molecule has 0 radical (unpaired) electrons. The summed E-state index contributed by atoms with van der Waals surface area (Å²) in [6.07, 6.45) is 7.93. The highest BCUT2D eigenvalue weighted by Gasteiger charge is 2.19. The predicted octanol–water partition coefficient (Wildman–Crippen LogP) is 3.18. The Morgan fingerprint density at radius 3 is 2.31 bits per heavy atom. The van der Waals surface area contributed by atoms with Crippen LogP contribution < -0.4 is 5.73 Å².